The summed E-state index contributed by atoms with van der Waals surface area (Å²) in [6, 6.07) is 4.61. The van der Waals surface area contributed by atoms with E-state index in [-0.39, 0.29) is 5.69 Å². The fourth-order valence-corrected chi connectivity index (χ4v) is 1.48. The lowest BCUT2D eigenvalue weighted by Gasteiger charge is -2.00. The Labute approximate surface area is 91.9 Å². The van der Waals surface area contributed by atoms with Gasteiger partial charge < -0.3 is 4.42 Å². The van der Waals surface area contributed by atoms with Crippen molar-refractivity contribution in [1.82, 2.24) is 4.98 Å². The van der Waals surface area contributed by atoms with Gasteiger partial charge in [-0.15, -0.1) is 0 Å². The Morgan fingerprint density at radius 3 is 2.62 bits per heavy atom. The Balaban J connectivity index is 2.47. The summed E-state index contributed by atoms with van der Waals surface area (Å²) in [5.74, 6) is 1.21. The minimum Gasteiger partial charge on any atom is -0.441 e. The van der Waals surface area contributed by atoms with Crippen molar-refractivity contribution in [3.8, 4) is 11.5 Å². The van der Waals surface area contributed by atoms with E-state index < -0.39 is 4.92 Å². The van der Waals surface area contributed by atoms with Crippen LogP contribution in [-0.4, -0.2) is 9.91 Å². The van der Waals surface area contributed by atoms with Crippen molar-refractivity contribution in [3.05, 3.63) is 45.8 Å². The smallest absolute Gasteiger partial charge is 0.269 e. The summed E-state index contributed by atoms with van der Waals surface area (Å²) in [4.78, 5) is 14.2. The predicted molar refractivity (Wildman–Crippen MR) is 58.1 cm³/mol. The molecular formula is C11H10N2O3. The predicted octanol–water partition coefficient (Wildman–Crippen LogP) is 2.87. The highest BCUT2D eigenvalue weighted by Crippen LogP contribution is 2.26. The van der Waals surface area contributed by atoms with E-state index in [4.69, 9.17) is 4.42 Å². The molecule has 0 saturated heterocycles. The highest BCUT2D eigenvalue weighted by Gasteiger charge is 2.12. The molecule has 0 aliphatic carbocycles. The minimum atomic E-state index is -0.419. The number of aromatic nitrogens is 1. The highest BCUT2D eigenvalue weighted by molar-refractivity contribution is 5.61. The van der Waals surface area contributed by atoms with Crippen molar-refractivity contribution >= 4 is 5.69 Å². The second-order valence-corrected chi connectivity index (χ2v) is 3.53. The number of nitro groups is 1. The van der Waals surface area contributed by atoms with Gasteiger partial charge >= 0.3 is 0 Å². The van der Waals surface area contributed by atoms with E-state index >= 15 is 0 Å². The standard InChI is InChI=1S/C11H10N2O3/c1-7-5-9(13(14)15)3-4-10(7)11-12-6-8(2)16-11/h3-6H,1-2H3. The molecule has 0 bridgehead atoms. The lowest BCUT2D eigenvalue weighted by molar-refractivity contribution is -0.384. The van der Waals surface area contributed by atoms with Gasteiger partial charge in [0.05, 0.1) is 11.1 Å². The van der Waals surface area contributed by atoms with E-state index in [1.165, 1.54) is 12.1 Å². The number of rotatable bonds is 2. The van der Waals surface area contributed by atoms with Gasteiger partial charge in [0.2, 0.25) is 5.89 Å². The Morgan fingerprint density at radius 2 is 2.12 bits per heavy atom. The molecule has 0 aliphatic heterocycles. The Morgan fingerprint density at radius 1 is 1.38 bits per heavy atom. The van der Waals surface area contributed by atoms with Crippen LogP contribution in [0.5, 0.6) is 0 Å². The molecule has 0 fully saturated rings. The summed E-state index contributed by atoms with van der Waals surface area (Å²) >= 11 is 0. The van der Waals surface area contributed by atoms with Gasteiger partial charge in [-0.05, 0) is 25.5 Å². The molecule has 0 radical (unpaired) electrons. The zero-order chi connectivity index (χ0) is 11.7. The lowest BCUT2D eigenvalue weighted by Crippen LogP contribution is -1.90. The first-order chi connectivity index (χ1) is 7.58. The number of benzene rings is 1. The van der Waals surface area contributed by atoms with Gasteiger partial charge in [0.25, 0.3) is 5.69 Å². The summed E-state index contributed by atoms with van der Waals surface area (Å²) in [7, 11) is 0. The molecule has 0 N–H and O–H groups in total. The first-order valence-corrected chi connectivity index (χ1v) is 4.76. The molecule has 0 amide bonds. The number of oxazole rings is 1. The van der Waals surface area contributed by atoms with E-state index in [9.17, 15) is 10.1 Å². The molecule has 2 aromatic rings. The van der Waals surface area contributed by atoms with Crippen molar-refractivity contribution in [2.75, 3.05) is 0 Å². The van der Waals surface area contributed by atoms with Crippen molar-refractivity contribution in [3.63, 3.8) is 0 Å². The van der Waals surface area contributed by atoms with Gasteiger partial charge in [-0.3, -0.25) is 10.1 Å². The van der Waals surface area contributed by atoms with Crippen LogP contribution in [0.25, 0.3) is 11.5 Å². The SMILES string of the molecule is Cc1cnc(-c2ccc([N+](=O)[O-])cc2C)o1. The number of nitro benzene ring substituents is 1. The third kappa shape index (κ3) is 1.79. The molecule has 16 heavy (non-hydrogen) atoms. The summed E-state index contributed by atoms with van der Waals surface area (Å²) in [5.41, 5.74) is 1.62. The average molecular weight is 218 g/mol. The van der Waals surface area contributed by atoms with Crippen LogP contribution in [0.15, 0.2) is 28.8 Å². The van der Waals surface area contributed by atoms with E-state index in [0.717, 1.165) is 11.1 Å². The zero-order valence-electron chi connectivity index (χ0n) is 8.93. The number of hydrogen-bond acceptors (Lipinski definition) is 4. The lowest BCUT2D eigenvalue weighted by atomic mass is 10.1. The third-order valence-electron chi connectivity index (χ3n) is 2.27. The molecular weight excluding hydrogens is 208 g/mol. The monoisotopic (exact) mass is 218 g/mol. The molecule has 5 heteroatoms. The number of nitrogens with zero attached hydrogens (tertiary/aromatic N) is 2. The molecule has 2 rings (SSSR count). The molecule has 0 saturated carbocycles. The van der Waals surface area contributed by atoms with Gasteiger partial charge in [0.15, 0.2) is 0 Å². The van der Waals surface area contributed by atoms with Crippen LogP contribution in [-0.2, 0) is 0 Å². The number of aryl methyl sites for hydroxylation is 2. The first-order valence-electron chi connectivity index (χ1n) is 4.76. The van der Waals surface area contributed by atoms with Crippen LogP contribution < -0.4 is 0 Å². The van der Waals surface area contributed by atoms with Gasteiger partial charge in [-0.2, -0.15) is 0 Å². The highest BCUT2D eigenvalue weighted by atomic mass is 16.6. The molecule has 0 aliphatic rings. The van der Waals surface area contributed by atoms with Crippen LogP contribution in [0.3, 0.4) is 0 Å². The van der Waals surface area contributed by atoms with E-state index in [2.05, 4.69) is 4.98 Å². The number of non-ortho nitro benzene ring substituents is 1. The summed E-state index contributed by atoms with van der Waals surface area (Å²) in [5, 5.41) is 10.6. The summed E-state index contributed by atoms with van der Waals surface area (Å²) in [6.45, 7) is 3.60. The van der Waals surface area contributed by atoms with Crippen molar-refractivity contribution < 1.29 is 9.34 Å². The molecule has 0 spiro atoms. The molecule has 1 aromatic carbocycles. The quantitative estimate of drug-likeness (QED) is 0.574. The van der Waals surface area contributed by atoms with Crippen LogP contribution >= 0.6 is 0 Å². The van der Waals surface area contributed by atoms with Crippen LogP contribution in [0.4, 0.5) is 5.69 Å². The largest absolute Gasteiger partial charge is 0.441 e. The van der Waals surface area contributed by atoms with Gasteiger partial charge in [0.1, 0.15) is 5.76 Å². The Bertz CT molecular complexity index is 546. The molecule has 1 aromatic heterocycles. The van der Waals surface area contributed by atoms with Gasteiger partial charge in [-0.1, -0.05) is 0 Å². The fourth-order valence-electron chi connectivity index (χ4n) is 1.48. The van der Waals surface area contributed by atoms with E-state index in [1.807, 2.05) is 0 Å². The van der Waals surface area contributed by atoms with Crippen molar-refractivity contribution in [2.45, 2.75) is 13.8 Å². The van der Waals surface area contributed by atoms with Gasteiger partial charge in [0, 0.05) is 17.7 Å². The van der Waals surface area contributed by atoms with E-state index in [0.29, 0.717) is 11.7 Å². The Kier molecular flexibility index (Phi) is 2.44. The van der Waals surface area contributed by atoms with Gasteiger partial charge in [-0.25, -0.2) is 4.98 Å². The molecule has 0 atom stereocenters. The maximum atomic E-state index is 10.6. The second kappa shape index (κ2) is 3.77. The topological polar surface area (TPSA) is 69.2 Å². The fraction of sp³-hybridized carbons (Fsp3) is 0.182. The van der Waals surface area contributed by atoms with Crippen molar-refractivity contribution in [1.29, 1.82) is 0 Å². The maximum Gasteiger partial charge on any atom is 0.269 e. The van der Waals surface area contributed by atoms with Crippen molar-refractivity contribution in [2.24, 2.45) is 0 Å². The third-order valence-corrected chi connectivity index (χ3v) is 2.27. The molecule has 82 valence electrons. The summed E-state index contributed by atoms with van der Waals surface area (Å²) in [6.07, 6.45) is 1.62. The summed E-state index contributed by atoms with van der Waals surface area (Å²) < 4.78 is 5.37. The molecule has 5 nitrogen and oxygen atoms in total. The van der Waals surface area contributed by atoms with E-state index in [1.54, 1.807) is 26.1 Å². The van der Waals surface area contributed by atoms with Crippen LogP contribution in [0, 0.1) is 24.0 Å². The minimum absolute atomic E-state index is 0.0736. The second-order valence-electron chi connectivity index (χ2n) is 3.53. The molecule has 0 unspecified atom stereocenters. The zero-order valence-corrected chi connectivity index (χ0v) is 8.93. The number of hydrogen-bond donors (Lipinski definition) is 0. The average Bonchev–Trinajstić information content (AvgIpc) is 2.64. The molecule has 1 heterocycles. The Hall–Kier alpha value is -2.17. The normalized spacial score (nSPS) is 10.4. The maximum absolute atomic E-state index is 10.6. The van der Waals surface area contributed by atoms with Crippen LogP contribution in [0.1, 0.15) is 11.3 Å². The first kappa shape index (κ1) is 10.4. The van der Waals surface area contributed by atoms with Crippen LogP contribution in [0.2, 0.25) is 0 Å².